The summed E-state index contributed by atoms with van der Waals surface area (Å²) in [6.07, 6.45) is 5.58. The van der Waals surface area contributed by atoms with E-state index in [1.165, 1.54) is 17.4 Å². The number of piperidine rings is 1. The Balaban J connectivity index is 1.63. The first-order chi connectivity index (χ1) is 14.0. The lowest BCUT2D eigenvalue weighted by Crippen LogP contribution is -2.44. The summed E-state index contributed by atoms with van der Waals surface area (Å²) < 4.78 is 23.2. The summed E-state index contributed by atoms with van der Waals surface area (Å²) in [6.45, 7) is 5.29. The van der Waals surface area contributed by atoms with Crippen molar-refractivity contribution in [2.24, 2.45) is 4.99 Å². The van der Waals surface area contributed by atoms with E-state index in [0.29, 0.717) is 11.4 Å². The zero-order valence-electron chi connectivity index (χ0n) is 17.1. The fourth-order valence-electron chi connectivity index (χ4n) is 3.37. The molecule has 0 spiro atoms. The predicted octanol–water partition coefficient (Wildman–Crippen LogP) is 3.74. The predicted molar refractivity (Wildman–Crippen MR) is 120 cm³/mol. The maximum atomic E-state index is 11.6. The molecule has 5 nitrogen and oxygen atoms in total. The Morgan fingerprint density at radius 1 is 1.07 bits per heavy atom. The summed E-state index contributed by atoms with van der Waals surface area (Å²) in [5.41, 5.74) is 3.73. The summed E-state index contributed by atoms with van der Waals surface area (Å²) in [6, 6.07) is 17.4. The lowest BCUT2D eigenvalue weighted by Gasteiger charge is -2.31. The molecule has 154 valence electrons. The molecule has 0 atom stereocenters. The van der Waals surface area contributed by atoms with Gasteiger partial charge >= 0.3 is 0 Å². The fraction of sp³-hybridized carbons (Fsp3) is 0.348. The van der Waals surface area contributed by atoms with Crippen LogP contribution in [-0.4, -0.2) is 45.2 Å². The molecule has 0 radical (unpaired) electrons. The number of rotatable bonds is 5. The molecule has 0 amide bonds. The minimum atomic E-state index is -3.17. The molecule has 1 heterocycles. The summed E-state index contributed by atoms with van der Waals surface area (Å²) in [4.78, 5) is 7.41. The van der Waals surface area contributed by atoms with E-state index < -0.39 is 9.84 Å². The molecule has 0 bridgehead atoms. The molecule has 1 fully saturated rings. The topological polar surface area (TPSA) is 61.8 Å². The molecule has 1 aliphatic heterocycles. The Kier molecular flexibility index (Phi) is 7.09. The number of hydrogen-bond acceptors (Lipinski definition) is 3. The second kappa shape index (κ2) is 9.74. The molecule has 1 N–H and O–H groups in total. The highest BCUT2D eigenvalue weighted by molar-refractivity contribution is 7.90. The van der Waals surface area contributed by atoms with Gasteiger partial charge in [0.25, 0.3) is 0 Å². The van der Waals surface area contributed by atoms with Crippen LogP contribution < -0.4 is 5.32 Å². The van der Waals surface area contributed by atoms with E-state index >= 15 is 0 Å². The van der Waals surface area contributed by atoms with Gasteiger partial charge in [0.05, 0.1) is 11.4 Å². The third-order valence-electron chi connectivity index (χ3n) is 4.97. The number of nitrogens with zero attached hydrogens (tertiary/aromatic N) is 2. The van der Waals surface area contributed by atoms with Crippen molar-refractivity contribution in [2.75, 3.05) is 25.9 Å². The number of hydrogen-bond donors (Lipinski definition) is 1. The van der Waals surface area contributed by atoms with E-state index in [1.54, 1.807) is 12.1 Å². The Morgan fingerprint density at radius 3 is 2.31 bits per heavy atom. The molecular weight excluding hydrogens is 382 g/mol. The highest BCUT2D eigenvalue weighted by Crippen LogP contribution is 2.20. The normalized spacial score (nSPS) is 15.3. The lowest BCUT2D eigenvalue weighted by molar-refractivity contribution is 0.375. The fourth-order valence-corrected chi connectivity index (χ4v) is 4.00. The van der Waals surface area contributed by atoms with Crippen LogP contribution in [0.2, 0.25) is 0 Å². The molecule has 6 heteroatoms. The van der Waals surface area contributed by atoms with Crippen LogP contribution in [0.5, 0.6) is 0 Å². The summed E-state index contributed by atoms with van der Waals surface area (Å²) in [5, 5.41) is 3.38. The molecule has 3 rings (SSSR count). The number of nitrogens with one attached hydrogen (secondary N) is 1. The average molecular weight is 412 g/mol. The van der Waals surface area contributed by atoms with E-state index in [2.05, 4.69) is 47.5 Å². The average Bonchev–Trinajstić information content (AvgIpc) is 2.72. The summed E-state index contributed by atoms with van der Waals surface area (Å²) >= 11 is 0. The first-order valence-electron chi connectivity index (χ1n) is 10.0. The molecule has 29 heavy (non-hydrogen) atoms. The minimum Gasteiger partial charge on any atom is -0.357 e. The quantitative estimate of drug-likeness (QED) is 0.601. The van der Waals surface area contributed by atoms with Crippen LogP contribution in [0.3, 0.4) is 0 Å². The van der Waals surface area contributed by atoms with Gasteiger partial charge in [-0.15, -0.1) is 0 Å². The van der Waals surface area contributed by atoms with Crippen molar-refractivity contribution in [2.45, 2.75) is 31.2 Å². The molecule has 0 aromatic heterocycles. The molecule has 0 aliphatic carbocycles. The molecular formula is C23H29N3O2S. The Hall–Kier alpha value is -2.60. The smallest absolute Gasteiger partial charge is 0.194 e. The van der Waals surface area contributed by atoms with Gasteiger partial charge in [-0.3, -0.25) is 0 Å². The van der Waals surface area contributed by atoms with Crippen LogP contribution in [0.1, 0.15) is 30.9 Å². The van der Waals surface area contributed by atoms with Crippen molar-refractivity contribution in [1.29, 1.82) is 0 Å². The Morgan fingerprint density at radius 2 is 1.72 bits per heavy atom. The van der Waals surface area contributed by atoms with Crippen LogP contribution in [-0.2, 0) is 16.4 Å². The SMILES string of the molecule is CCNC(=NCc1ccc(S(C)(=O)=O)cc1)N1CCC(=Cc2ccccc2)CC1. The van der Waals surface area contributed by atoms with Gasteiger partial charge in [-0.25, -0.2) is 13.4 Å². The van der Waals surface area contributed by atoms with Gasteiger partial charge in [0.15, 0.2) is 15.8 Å². The zero-order valence-corrected chi connectivity index (χ0v) is 18.0. The minimum absolute atomic E-state index is 0.339. The van der Waals surface area contributed by atoms with Crippen LogP contribution in [0, 0.1) is 0 Å². The second-order valence-electron chi connectivity index (χ2n) is 7.29. The summed E-state index contributed by atoms with van der Waals surface area (Å²) in [5.74, 6) is 0.915. The van der Waals surface area contributed by atoms with Crippen molar-refractivity contribution >= 4 is 21.9 Å². The van der Waals surface area contributed by atoms with Crippen LogP contribution in [0.4, 0.5) is 0 Å². The Labute approximate surface area is 174 Å². The molecule has 0 saturated carbocycles. The monoisotopic (exact) mass is 411 g/mol. The van der Waals surface area contributed by atoms with Crippen molar-refractivity contribution < 1.29 is 8.42 Å². The van der Waals surface area contributed by atoms with Gasteiger partial charge in [0.1, 0.15) is 0 Å². The number of aliphatic imine (C=N–C) groups is 1. The highest BCUT2D eigenvalue weighted by Gasteiger charge is 2.17. The largest absolute Gasteiger partial charge is 0.357 e. The number of guanidine groups is 1. The molecule has 2 aromatic rings. The number of likely N-dealkylation sites (tertiary alicyclic amines) is 1. The van der Waals surface area contributed by atoms with Gasteiger partial charge in [0, 0.05) is 25.9 Å². The second-order valence-corrected chi connectivity index (χ2v) is 9.30. The van der Waals surface area contributed by atoms with Crippen LogP contribution in [0.25, 0.3) is 6.08 Å². The lowest BCUT2D eigenvalue weighted by atomic mass is 10.0. The van der Waals surface area contributed by atoms with Crippen molar-refractivity contribution in [3.63, 3.8) is 0 Å². The number of sulfone groups is 1. The van der Waals surface area contributed by atoms with Crippen molar-refractivity contribution in [3.05, 3.63) is 71.3 Å². The third-order valence-corrected chi connectivity index (χ3v) is 6.10. The van der Waals surface area contributed by atoms with E-state index in [9.17, 15) is 8.42 Å². The van der Waals surface area contributed by atoms with Crippen LogP contribution in [0.15, 0.2) is 70.1 Å². The van der Waals surface area contributed by atoms with Gasteiger partial charge in [0.2, 0.25) is 0 Å². The van der Waals surface area contributed by atoms with Gasteiger partial charge in [-0.1, -0.05) is 54.1 Å². The molecule has 1 aliphatic rings. The van der Waals surface area contributed by atoms with E-state index in [-0.39, 0.29) is 0 Å². The van der Waals surface area contributed by atoms with Crippen molar-refractivity contribution in [3.8, 4) is 0 Å². The highest BCUT2D eigenvalue weighted by atomic mass is 32.2. The van der Waals surface area contributed by atoms with E-state index in [0.717, 1.165) is 44.0 Å². The molecule has 2 aromatic carbocycles. The zero-order chi connectivity index (χ0) is 20.7. The van der Waals surface area contributed by atoms with Gasteiger partial charge < -0.3 is 10.2 Å². The first-order valence-corrected chi connectivity index (χ1v) is 11.9. The van der Waals surface area contributed by atoms with E-state index in [4.69, 9.17) is 4.99 Å². The molecule has 1 saturated heterocycles. The Bertz CT molecular complexity index is 955. The summed E-state index contributed by atoms with van der Waals surface area (Å²) in [7, 11) is -3.17. The molecule has 0 unspecified atom stereocenters. The first kappa shape index (κ1) is 21.1. The van der Waals surface area contributed by atoms with Crippen LogP contribution >= 0.6 is 0 Å². The standard InChI is InChI=1S/C23H29N3O2S/c1-3-24-23(25-18-21-9-11-22(12-10-21)29(2,27)28)26-15-13-20(14-16-26)17-19-7-5-4-6-8-19/h4-12,17H,3,13-16,18H2,1-2H3,(H,24,25). The van der Waals surface area contributed by atoms with E-state index in [1.807, 2.05) is 18.2 Å². The van der Waals surface area contributed by atoms with Crippen molar-refractivity contribution in [1.82, 2.24) is 10.2 Å². The number of benzene rings is 2. The van der Waals surface area contributed by atoms with Gasteiger partial charge in [-0.05, 0) is 43.0 Å². The maximum Gasteiger partial charge on any atom is 0.194 e. The van der Waals surface area contributed by atoms with Gasteiger partial charge in [-0.2, -0.15) is 0 Å². The maximum absolute atomic E-state index is 11.6. The third kappa shape index (κ3) is 6.19.